The van der Waals surface area contributed by atoms with Crippen LogP contribution in [0.1, 0.15) is 34.1 Å². The minimum Gasteiger partial charge on any atom is -0.361 e. The molecule has 0 atom stereocenters. The molecule has 0 spiro atoms. The zero-order chi connectivity index (χ0) is 10.6. The lowest BCUT2D eigenvalue weighted by Gasteiger charge is -1.94. The molecule has 1 aromatic rings. The second-order valence-electron chi connectivity index (χ2n) is 3.58. The Bertz CT molecular complexity index is 432. The maximum Gasteiger partial charge on any atom is 0.0445 e. The number of H-pyrrole nitrogens is 1. The number of nitrogens with one attached hydrogen (secondary N) is 1. The van der Waals surface area contributed by atoms with Crippen molar-refractivity contribution in [3.05, 3.63) is 35.0 Å². The topological polar surface area (TPSA) is 15.8 Å². The average Bonchev–Trinajstić information content (AvgIpc) is 2.65. The number of allylic oxidation sites excluding steroid dienone is 2. The van der Waals surface area contributed by atoms with Crippen LogP contribution in [-0.4, -0.2) is 4.98 Å². The Morgan fingerprint density at radius 1 is 1.43 bits per heavy atom. The first-order valence-electron chi connectivity index (χ1n) is 5.17. The molecule has 1 aromatic heterocycles. The third-order valence-corrected chi connectivity index (χ3v) is 2.55. The summed E-state index contributed by atoms with van der Waals surface area (Å²) in [6, 6.07) is 2.14. The molecule has 0 aliphatic heterocycles. The molecule has 76 valence electrons. The van der Waals surface area contributed by atoms with E-state index >= 15 is 0 Å². The Hall–Kier alpha value is -1.24. The predicted molar refractivity (Wildman–Crippen MR) is 63.3 cm³/mol. The predicted octanol–water partition coefficient (Wildman–Crippen LogP) is 2.34. The Morgan fingerprint density at radius 2 is 2.14 bits per heavy atom. The van der Waals surface area contributed by atoms with Gasteiger partial charge in [-0.05, 0) is 44.4 Å². The minimum atomic E-state index is 1.09. The first kappa shape index (κ1) is 10.8. The zero-order valence-electron chi connectivity index (χ0n) is 9.52. The van der Waals surface area contributed by atoms with Crippen LogP contribution in [0, 0.1) is 0 Å². The number of hydrogen-bond acceptors (Lipinski definition) is 0. The molecule has 0 aliphatic rings. The molecule has 0 saturated carbocycles. The van der Waals surface area contributed by atoms with Gasteiger partial charge in [0.1, 0.15) is 0 Å². The van der Waals surface area contributed by atoms with Crippen LogP contribution in [0.25, 0.3) is 11.1 Å². The highest BCUT2D eigenvalue weighted by Gasteiger charge is 1.93. The quantitative estimate of drug-likeness (QED) is 0.735. The molecule has 0 bridgehead atoms. The Kier molecular flexibility index (Phi) is 3.75. The summed E-state index contributed by atoms with van der Waals surface area (Å²) in [7, 11) is 0. The van der Waals surface area contributed by atoms with Crippen LogP contribution in [0.2, 0.25) is 0 Å². The van der Waals surface area contributed by atoms with Crippen molar-refractivity contribution < 1.29 is 0 Å². The number of hydrogen-bond donors (Lipinski definition) is 1. The molecule has 0 aromatic carbocycles. The lowest BCUT2D eigenvalue weighted by atomic mass is 10.1. The van der Waals surface area contributed by atoms with Crippen molar-refractivity contribution in [2.24, 2.45) is 0 Å². The lowest BCUT2D eigenvalue weighted by Crippen LogP contribution is -2.26. The van der Waals surface area contributed by atoms with Crippen molar-refractivity contribution in [2.45, 2.75) is 34.1 Å². The molecular weight excluding hydrogens is 170 g/mol. The van der Waals surface area contributed by atoms with Crippen LogP contribution < -0.4 is 10.6 Å². The van der Waals surface area contributed by atoms with Crippen molar-refractivity contribution >= 4 is 11.1 Å². The average molecular weight is 189 g/mol. The monoisotopic (exact) mass is 189 g/mol. The van der Waals surface area contributed by atoms with Gasteiger partial charge in [-0.15, -0.1) is 0 Å². The molecule has 0 amide bonds. The summed E-state index contributed by atoms with van der Waals surface area (Å²) in [5.41, 5.74) is 2.73. The van der Waals surface area contributed by atoms with Gasteiger partial charge in [-0.1, -0.05) is 19.1 Å². The van der Waals surface area contributed by atoms with E-state index in [0.717, 1.165) is 6.42 Å². The molecule has 1 rings (SSSR count). The van der Waals surface area contributed by atoms with Crippen LogP contribution in [-0.2, 0) is 0 Å². The summed E-state index contributed by atoms with van der Waals surface area (Å²) in [6.07, 6.45) is 7.33. The highest BCUT2D eigenvalue weighted by Crippen LogP contribution is 1.95. The summed E-state index contributed by atoms with van der Waals surface area (Å²) in [6.45, 7) is 8.56. The van der Waals surface area contributed by atoms with Crippen LogP contribution in [0.3, 0.4) is 0 Å². The summed E-state index contributed by atoms with van der Waals surface area (Å²) >= 11 is 0. The van der Waals surface area contributed by atoms with Crippen molar-refractivity contribution in [2.75, 3.05) is 0 Å². The Balaban J connectivity index is 3.53. The van der Waals surface area contributed by atoms with Gasteiger partial charge in [0.15, 0.2) is 0 Å². The Morgan fingerprint density at radius 3 is 2.71 bits per heavy atom. The fourth-order valence-corrected chi connectivity index (χ4v) is 1.57. The smallest absolute Gasteiger partial charge is 0.0445 e. The van der Waals surface area contributed by atoms with Crippen molar-refractivity contribution in [1.82, 2.24) is 4.98 Å². The van der Waals surface area contributed by atoms with Gasteiger partial charge in [-0.25, -0.2) is 0 Å². The normalized spacial score (nSPS) is 16.0. The van der Waals surface area contributed by atoms with E-state index in [9.17, 15) is 0 Å². The third kappa shape index (κ3) is 2.16. The molecule has 1 heterocycles. The van der Waals surface area contributed by atoms with E-state index < -0.39 is 0 Å². The fourth-order valence-electron chi connectivity index (χ4n) is 1.57. The van der Waals surface area contributed by atoms with Crippen molar-refractivity contribution in [3.8, 4) is 0 Å². The highest BCUT2D eigenvalue weighted by atomic mass is 14.6. The summed E-state index contributed by atoms with van der Waals surface area (Å²) in [5.74, 6) is 0. The van der Waals surface area contributed by atoms with E-state index in [0.29, 0.717) is 0 Å². The van der Waals surface area contributed by atoms with Crippen LogP contribution in [0.4, 0.5) is 0 Å². The van der Waals surface area contributed by atoms with Crippen LogP contribution >= 0.6 is 0 Å². The van der Waals surface area contributed by atoms with Gasteiger partial charge in [0.25, 0.3) is 0 Å². The van der Waals surface area contributed by atoms with Gasteiger partial charge in [0.05, 0.1) is 0 Å². The van der Waals surface area contributed by atoms with E-state index in [1.165, 1.54) is 21.7 Å². The number of aromatic amines is 1. The molecule has 14 heavy (non-hydrogen) atoms. The van der Waals surface area contributed by atoms with Gasteiger partial charge in [-0.2, -0.15) is 0 Å². The minimum absolute atomic E-state index is 1.09. The van der Waals surface area contributed by atoms with Gasteiger partial charge < -0.3 is 4.98 Å². The molecule has 1 N–H and O–H groups in total. The van der Waals surface area contributed by atoms with Gasteiger partial charge >= 0.3 is 0 Å². The number of rotatable bonds is 2. The zero-order valence-corrected chi connectivity index (χ0v) is 9.52. The highest BCUT2D eigenvalue weighted by molar-refractivity contribution is 5.55. The molecule has 0 saturated heterocycles. The standard InChI is InChI=1S/C13H19N/c1-5-7-11(4)12-8-9-14-13(12)10(3)6-2/h5,7-9,14H,6H2,1-4H3. The molecule has 0 unspecified atom stereocenters. The molecule has 1 nitrogen and oxygen atoms in total. The maximum atomic E-state index is 3.30. The molecule has 0 fully saturated rings. The van der Waals surface area contributed by atoms with E-state index in [1.54, 1.807) is 0 Å². The van der Waals surface area contributed by atoms with Gasteiger partial charge in [-0.3, -0.25) is 0 Å². The number of aromatic nitrogens is 1. The van der Waals surface area contributed by atoms with Crippen LogP contribution in [0.15, 0.2) is 24.4 Å². The van der Waals surface area contributed by atoms with Crippen LogP contribution in [0.5, 0.6) is 0 Å². The first-order chi connectivity index (χ1) is 6.70. The van der Waals surface area contributed by atoms with E-state index in [2.05, 4.69) is 44.0 Å². The molecule has 0 radical (unpaired) electrons. The third-order valence-electron chi connectivity index (χ3n) is 2.55. The summed E-state index contributed by atoms with van der Waals surface area (Å²) in [5, 5.41) is 2.60. The first-order valence-corrected chi connectivity index (χ1v) is 5.17. The molecule has 0 aliphatic carbocycles. The Labute approximate surface area is 85.9 Å². The largest absolute Gasteiger partial charge is 0.361 e. The molecule has 1 heteroatoms. The molecular formula is C13H19N. The second-order valence-corrected chi connectivity index (χ2v) is 3.58. The van der Waals surface area contributed by atoms with Gasteiger partial charge in [0, 0.05) is 16.8 Å². The van der Waals surface area contributed by atoms with E-state index in [1.807, 2.05) is 13.1 Å². The van der Waals surface area contributed by atoms with Crippen molar-refractivity contribution in [1.29, 1.82) is 0 Å². The SMILES string of the molecule is CC=CC(C)=c1cc[nH]c1=C(C)CC. The van der Waals surface area contributed by atoms with E-state index in [-0.39, 0.29) is 0 Å². The summed E-state index contributed by atoms with van der Waals surface area (Å²) in [4.78, 5) is 3.30. The second kappa shape index (κ2) is 4.85. The van der Waals surface area contributed by atoms with Crippen molar-refractivity contribution in [3.63, 3.8) is 0 Å². The summed E-state index contributed by atoms with van der Waals surface area (Å²) < 4.78 is 0. The van der Waals surface area contributed by atoms with Gasteiger partial charge in [0.2, 0.25) is 0 Å². The maximum absolute atomic E-state index is 3.30. The fraction of sp³-hybridized carbons (Fsp3) is 0.385. The van der Waals surface area contributed by atoms with E-state index in [4.69, 9.17) is 0 Å². The lowest BCUT2D eigenvalue weighted by molar-refractivity contribution is 1.16.